The van der Waals surface area contributed by atoms with Crippen molar-refractivity contribution < 1.29 is 17.4 Å². The standard InChI is InChI=1S/C11H10ClF3OS2/c1-17-10(18(2)16)5-7-3-4-8(12)6-9(7)11(13,14)15/h3-6H,1-2H3. The summed E-state index contributed by atoms with van der Waals surface area (Å²) in [5, 5.41) is 0.0165. The fourth-order valence-electron chi connectivity index (χ4n) is 1.29. The number of hydrogen-bond donors (Lipinski definition) is 0. The van der Waals surface area contributed by atoms with Crippen LogP contribution in [0.1, 0.15) is 11.1 Å². The summed E-state index contributed by atoms with van der Waals surface area (Å²) in [7, 11) is -1.32. The van der Waals surface area contributed by atoms with Crippen molar-refractivity contribution >= 4 is 40.2 Å². The SMILES string of the molecule is CSC(=Cc1ccc(Cl)cc1C(F)(F)F)S(C)=O. The highest BCUT2D eigenvalue weighted by Crippen LogP contribution is 2.35. The summed E-state index contributed by atoms with van der Waals surface area (Å²) < 4.78 is 50.1. The highest BCUT2D eigenvalue weighted by Gasteiger charge is 2.33. The molecule has 0 fully saturated rings. The highest BCUT2D eigenvalue weighted by atomic mass is 35.5. The van der Waals surface area contributed by atoms with Gasteiger partial charge in [0, 0.05) is 11.3 Å². The molecule has 18 heavy (non-hydrogen) atoms. The lowest BCUT2D eigenvalue weighted by Crippen LogP contribution is -2.07. The summed E-state index contributed by atoms with van der Waals surface area (Å²) in [6, 6.07) is 3.51. The maximum atomic E-state index is 12.8. The fourth-order valence-corrected chi connectivity index (χ4v) is 2.93. The maximum absolute atomic E-state index is 12.8. The van der Waals surface area contributed by atoms with Crippen molar-refractivity contribution in [1.29, 1.82) is 0 Å². The zero-order valence-corrected chi connectivity index (χ0v) is 11.9. The van der Waals surface area contributed by atoms with Crippen molar-refractivity contribution in [3.63, 3.8) is 0 Å². The molecule has 7 heteroatoms. The number of benzene rings is 1. The normalized spacial score (nSPS) is 14.7. The van der Waals surface area contributed by atoms with Crippen molar-refractivity contribution in [2.24, 2.45) is 0 Å². The molecule has 1 aromatic rings. The van der Waals surface area contributed by atoms with Crippen molar-refractivity contribution in [3.05, 3.63) is 38.6 Å². The first-order chi connectivity index (χ1) is 8.25. The van der Waals surface area contributed by atoms with E-state index in [-0.39, 0.29) is 10.6 Å². The molecule has 1 aromatic carbocycles. The van der Waals surface area contributed by atoms with Gasteiger partial charge >= 0.3 is 6.18 Å². The van der Waals surface area contributed by atoms with Gasteiger partial charge in [-0.15, -0.1) is 11.8 Å². The van der Waals surface area contributed by atoms with Gasteiger partial charge in [0.2, 0.25) is 0 Å². The lowest BCUT2D eigenvalue weighted by atomic mass is 10.1. The van der Waals surface area contributed by atoms with Gasteiger partial charge in [0.25, 0.3) is 0 Å². The average Bonchev–Trinajstić information content (AvgIpc) is 2.25. The number of rotatable bonds is 3. The largest absolute Gasteiger partial charge is 0.417 e. The van der Waals surface area contributed by atoms with Crippen LogP contribution in [0.15, 0.2) is 22.4 Å². The van der Waals surface area contributed by atoms with Crippen molar-refractivity contribution in [2.75, 3.05) is 12.5 Å². The smallest absolute Gasteiger partial charge is 0.254 e. The Labute approximate surface area is 115 Å². The van der Waals surface area contributed by atoms with Gasteiger partial charge < -0.3 is 0 Å². The Kier molecular flexibility index (Phi) is 5.31. The van der Waals surface area contributed by atoms with Crippen LogP contribution in [-0.2, 0) is 17.0 Å². The number of hydrogen-bond acceptors (Lipinski definition) is 2. The molecule has 0 saturated carbocycles. The fraction of sp³-hybridized carbons (Fsp3) is 0.273. The second-order valence-corrected chi connectivity index (χ2v) is 6.24. The summed E-state index contributed by atoms with van der Waals surface area (Å²) in [6.45, 7) is 0. The molecular formula is C11H10ClF3OS2. The van der Waals surface area contributed by atoms with E-state index in [0.717, 1.165) is 17.8 Å². The van der Waals surface area contributed by atoms with Crippen LogP contribution < -0.4 is 0 Å². The van der Waals surface area contributed by atoms with E-state index in [1.807, 2.05) is 0 Å². The molecule has 0 heterocycles. The molecule has 0 bridgehead atoms. The van der Waals surface area contributed by atoms with Crippen molar-refractivity contribution in [1.82, 2.24) is 0 Å². The predicted molar refractivity (Wildman–Crippen MR) is 72.0 cm³/mol. The summed E-state index contributed by atoms with van der Waals surface area (Å²) in [6.07, 6.45) is -0.128. The molecule has 0 radical (unpaired) electrons. The second-order valence-electron chi connectivity index (χ2n) is 3.35. The summed E-state index contributed by atoms with van der Waals surface area (Å²) in [5.74, 6) is 0. The molecule has 1 nitrogen and oxygen atoms in total. The van der Waals surface area contributed by atoms with Gasteiger partial charge in [-0.2, -0.15) is 13.2 Å². The van der Waals surface area contributed by atoms with Crippen LogP contribution in [0.2, 0.25) is 5.02 Å². The van der Waals surface area contributed by atoms with Crippen LogP contribution in [0, 0.1) is 0 Å². The molecular weight excluding hydrogens is 305 g/mol. The van der Waals surface area contributed by atoms with E-state index in [1.54, 1.807) is 6.26 Å². The topological polar surface area (TPSA) is 17.1 Å². The lowest BCUT2D eigenvalue weighted by molar-refractivity contribution is -0.137. The third kappa shape index (κ3) is 4.03. The summed E-state index contributed by atoms with van der Waals surface area (Å²) >= 11 is 6.73. The minimum Gasteiger partial charge on any atom is -0.254 e. The second kappa shape index (κ2) is 6.12. The molecule has 0 aliphatic carbocycles. The number of alkyl halides is 3. The Morgan fingerprint density at radius 3 is 2.50 bits per heavy atom. The minimum atomic E-state index is -4.49. The minimum absolute atomic E-state index is 0.0165. The van der Waals surface area contributed by atoms with E-state index < -0.39 is 22.5 Å². The van der Waals surface area contributed by atoms with Crippen LogP contribution in [0.3, 0.4) is 0 Å². The van der Waals surface area contributed by atoms with Crippen LogP contribution in [0.4, 0.5) is 13.2 Å². The van der Waals surface area contributed by atoms with Crippen LogP contribution in [0.5, 0.6) is 0 Å². The molecule has 1 atom stereocenters. The van der Waals surface area contributed by atoms with Crippen LogP contribution in [-0.4, -0.2) is 16.7 Å². The summed E-state index contributed by atoms with van der Waals surface area (Å²) in [5.41, 5.74) is -0.863. The van der Waals surface area contributed by atoms with E-state index >= 15 is 0 Å². The monoisotopic (exact) mass is 314 g/mol. The van der Waals surface area contributed by atoms with Gasteiger partial charge in [0.1, 0.15) is 0 Å². The average molecular weight is 315 g/mol. The molecule has 0 spiro atoms. The van der Waals surface area contributed by atoms with E-state index in [1.165, 1.54) is 24.5 Å². The zero-order valence-electron chi connectivity index (χ0n) is 9.55. The molecule has 0 saturated heterocycles. The van der Waals surface area contributed by atoms with E-state index in [4.69, 9.17) is 11.6 Å². The Morgan fingerprint density at radius 1 is 1.44 bits per heavy atom. The highest BCUT2D eigenvalue weighted by molar-refractivity contribution is 8.16. The number of halogens is 4. The molecule has 0 N–H and O–H groups in total. The van der Waals surface area contributed by atoms with Crippen molar-refractivity contribution in [3.8, 4) is 0 Å². The van der Waals surface area contributed by atoms with Gasteiger partial charge in [0.05, 0.1) is 20.6 Å². The Morgan fingerprint density at radius 2 is 2.06 bits per heavy atom. The molecule has 100 valence electrons. The van der Waals surface area contributed by atoms with Crippen LogP contribution in [0.25, 0.3) is 6.08 Å². The first kappa shape index (κ1) is 15.6. The van der Waals surface area contributed by atoms with Gasteiger partial charge in [-0.05, 0) is 30.0 Å². The quantitative estimate of drug-likeness (QED) is 0.822. The lowest BCUT2D eigenvalue weighted by Gasteiger charge is -2.11. The third-order valence-electron chi connectivity index (χ3n) is 2.08. The molecule has 0 amide bonds. The van der Waals surface area contributed by atoms with Crippen LogP contribution >= 0.6 is 23.4 Å². The molecule has 0 aromatic heterocycles. The Balaban J connectivity index is 3.37. The Hall–Kier alpha value is -0.460. The summed E-state index contributed by atoms with van der Waals surface area (Å²) in [4.78, 5) is 0. The predicted octanol–water partition coefficient (Wildman–Crippen LogP) is 4.40. The maximum Gasteiger partial charge on any atom is 0.417 e. The van der Waals surface area contributed by atoms with E-state index in [9.17, 15) is 17.4 Å². The van der Waals surface area contributed by atoms with Gasteiger partial charge in [-0.1, -0.05) is 17.7 Å². The molecule has 1 unspecified atom stereocenters. The third-order valence-corrected chi connectivity index (χ3v) is 4.72. The first-order valence-electron chi connectivity index (χ1n) is 4.71. The number of thioether (sulfide) groups is 1. The van der Waals surface area contributed by atoms with Crippen molar-refractivity contribution in [2.45, 2.75) is 6.18 Å². The van der Waals surface area contributed by atoms with Gasteiger partial charge in [-0.25, -0.2) is 0 Å². The first-order valence-corrected chi connectivity index (χ1v) is 7.87. The molecule has 1 rings (SSSR count). The van der Waals surface area contributed by atoms with E-state index in [0.29, 0.717) is 4.24 Å². The van der Waals surface area contributed by atoms with Gasteiger partial charge in [0.15, 0.2) is 0 Å². The van der Waals surface area contributed by atoms with E-state index in [2.05, 4.69) is 0 Å². The zero-order chi connectivity index (χ0) is 13.9. The molecule has 0 aliphatic rings. The van der Waals surface area contributed by atoms with Gasteiger partial charge in [-0.3, -0.25) is 4.21 Å². The molecule has 0 aliphatic heterocycles. The Bertz CT molecular complexity index is 498.